The average molecular weight is 466 g/mol. The maximum Gasteiger partial charge on any atom is 0.284 e. The zero-order valence-corrected chi connectivity index (χ0v) is 19.3. The number of likely N-dealkylation sites (tertiary alicyclic amines) is 1. The van der Waals surface area contributed by atoms with Crippen molar-refractivity contribution in [2.45, 2.75) is 37.0 Å². The summed E-state index contributed by atoms with van der Waals surface area (Å²) in [5.41, 5.74) is 2.07. The SMILES string of the molecule is CN1CCCCC/C1=N\S(=O)(=O)c1cccc(NC(=O)Cc2cnn(-c3ccccc3)c2)c1. The molecule has 0 bridgehead atoms. The van der Waals surface area contributed by atoms with Crippen LogP contribution >= 0.6 is 0 Å². The Morgan fingerprint density at radius 1 is 1.09 bits per heavy atom. The van der Waals surface area contributed by atoms with Gasteiger partial charge in [0.2, 0.25) is 5.91 Å². The molecule has 8 nitrogen and oxygen atoms in total. The highest BCUT2D eigenvalue weighted by atomic mass is 32.2. The summed E-state index contributed by atoms with van der Waals surface area (Å²) in [6, 6.07) is 15.8. The highest BCUT2D eigenvalue weighted by Crippen LogP contribution is 2.20. The summed E-state index contributed by atoms with van der Waals surface area (Å²) >= 11 is 0. The highest BCUT2D eigenvalue weighted by molar-refractivity contribution is 7.90. The van der Waals surface area contributed by atoms with Crippen molar-refractivity contribution < 1.29 is 13.2 Å². The van der Waals surface area contributed by atoms with E-state index in [-0.39, 0.29) is 17.2 Å². The van der Waals surface area contributed by atoms with Crippen LogP contribution in [0.3, 0.4) is 0 Å². The van der Waals surface area contributed by atoms with E-state index in [0.29, 0.717) is 17.9 Å². The topological polar surface area (TPSA) is 96.7 Å². The van der Waals surface area contributed by atoms with E-state index in [9.17, 15) is 13.2 Å². The predicted molar refractivity (Wildman–Crippen MR) is 128 cm³/mol. The van der Waals surface area contributed by atoms with E-state index in [1.165, 1.54) is 12.1 Å². The number of carbonyl (C=O) groups is 1. The second-order valence-electron chi connectivity index (χ2n) is 8.10. The lowest BCUT2D eigenvalue weighted by Gasteiger charge is -2.17. The number of hydrogen-bond donors (Lipinski definition) is 1. The molecule has 1 N–H and O–H groups in total. The molecule has 0 spiro atoms. The van der Waals surface area contributed by atoms with E-state index in [1.807, 2.05) is 42.3 Å². The first-order chi connectivity index (χ1) is 15.9. The molecule has 0 radical (unpaired) electrons. The lowest BCUT2D eigenvalue weighted by Crippen LogP contribution is -2.26. The van der Waals surface area contributed by atoms with Crippen molar-refractivity contribution in [2.24, 2.45) is 4.40 Å². The number of aromatic nitrogens is 2. The summed E-state index contributed by atoms with van der Waals surface area (Å²) in [5.74, 6) is 0.323. The molecule has 2 aromatic carbocycles. The van der Waals surface area contributed by atoms with Gasteiger partial charge in [-0.2, -0.15) is 13.5 Å². The van der Waals surface area contributed by atoms with Crippen molar-refractivity contribution in [3.8, 4) is 5.69 Å². The molecule has 2 heterocycles. The summed E-state index contributed by atoms with van der Waals surface area (Å²) < 4.78 is 31.6. The summed E-state index contributed by atoms with van der Waals surface area (Å²) in [5, 5.41) is 7.07. The molecule has 172 valence electrons. The minimum absolute atomic E-state index is 0.0577. The molecule has 1 fully saturated rings. The number of carbonyl (C=O) groups excluding carboxylic acids is 1. The minimum atomic E-state index is -3.87. The van der Waals surface area contributed by atoms with Crippen molar-refractivity contribution in [1.29, 1.82) is 0 Å². The number of nitrogens with one attached hydrogen (secondary N) is 1. The Kier molecular flexibility index (Phi) is 6.88. The molecule has 0 saturated carbocycles. The summed E-state index contributed by atoms with van der Waals surface area (Å²) in [4.78, 5) is 14.5. The van der Waals surface area contributed by atoms with Crippen molar-refractivity contribution in [3.05, 3.63) is 72.6 Å². The Bertz CT molecular complexity index is 1250. The van der Waals surface area contributed by atoms with E-state index < -0.39 is 10.0 Å². The first-order valence-electron chi connectivity index (χ1n) is 10.9. The Hall–Kier alpha value is -3.46. The van der Waals surface area contributed by atoms with Crippen molar-refractivity contribution in [3.63, 3.8) is 0 Å². The van der Waals surface area contributed by atoms with E-state index in [2.05, 4.69) is 14.8 Å². The summed E-state index contributed by atoms with van der Waals surface area (Å²) in [7, 11) is -2.00. The second kappa shape index (κ2) is 9.99. The van der Waals surface area contributed by atoms with Crippen LogP contribution in [0.25, 0.3) is 5.69 Å². The molecule has 1 aliphatic rings. The summed E-state index contributed by atoms with van der Waals surface area (Å²) in [6.07, 6.45) is 7.23. The highest BCUT2D eigenvalue weighted by Gasteiger charge is 2.19. The normalized spacial score (nSPS) is 15.9. The van der Waals surface area contributed by atoms with Crippen LogP contribution in [0.5, 0.6) is 0 Å². The van der Waals surface area contributed by atoms with Crippen LogP contribution in [-0.2, 0) is 21.2 Å². The largest absolute Gasteiger partial charge is 0.362 e. The monoisotopic (exact) mass is 465 g/mol. The number of amides is 1. The Morgan fingerprint density at radius 3 is 2.73 bits per heavy atom. The number of benzene rings is 2. The van der Waals surface area contributed by atoms with Gasteiger partial charge in [-0.1, -0.05) is 30.7 Å². The van der Waals surface area contributed by atoms with Crippen LogP contribution in [0.4, 0.5) is 5.69 Å². The maximum atomic E-state index is 12.9. The van der Waals surface area contributed by atoms with Crippen molar-refractivity contribution in [2.75, 3.05) is 18.9 Å². The van der Waals surface area contributed by atoms with E-state index in [0.717, 1.165) is 37.1 Å². The van der Waals surface area contributed by atoms with Crippen LogP contribution in [-0.4, -0.2) is 48.4 Å². The summed E-state index contributed by atoms with van der Waals surface area (Å²) in [6.45, 7) is 0.797. The Labute approximate surface area is 194 Å². The number of nitrogens with zero attached hydrogens (tertiary/aromatic N) is 4. The minimum Gasteiger partial charge on any atom is -0.362 e. The van der Waals surface area contributed by atoms with Gasteiger partial charge in [0.25, 0.3) is 10.0 Å². The Balaban J connectivity index is 1.44. The van der Waals surface area contributed by atoms with Gasteiger partial charge in [0.05, 0.1) is 23.2 Å². The third-order valence-electron chi connectivity index (χ3n) is 5.50. The predicted octanol–water partition coefficient (Wildman–Crippen LogP) is 3.65. The molecule has 33 heavy (non-hydrogen) atoms. The third-order valence-corrected chi connectivity index (χ3v) is 6.80. The first kappa shape index (κ1) is 22.7. The first-order valence-corrected chi connectivity index (χ1v) is 12.4. The fraction of sp³-hybridized carbons (Fsp3) is 0.292. The molecule has 1 aromatic heterocycles. The van der Waals surface area contributed by atoms with Crippen LogP contribution in [0.15, 0.2) is 76.3 Å². The smallest absolute Gasteiger partial charge is 0.284 e. The van der Waals surface area contributed by atoms with Gasteiger partial charge >= 0.3 is 0 Å². The fourth-order valence-corrected chi connectivity index (χ4v) is 4.87. The van der Waals surface area contributed by atoms with Crippen LogP contribution in [0, 0.1) is 0 Å². The van der Waals surface area contributed by atoms with Crippen LogP contribution < -0.4 is 5.32 Å². The lowest BCUT2D eigenvalue weighted by atomic mass is 10.2. The zero-order chi connectivity index (χ0) is 23.3. The van der Waals surface area contributed by atoms with Gasteiger partial charge in [-0.15, -0.1) is 4.40 Å². The lowest BCUT2D eigenvalue weighted by molar-refractivity contribution is -0.115. The van der Waals surface area contributed by atoms with E-state index >= 15 is 0 Å². The van der Waals surface area contributed by atoms with Gasteiger partial charge < -0.3 is 10.2 Å². The van der Waals surface area contributed by atoms with Gasteiger partial charge in [0.15, 0.2) is 0 Å². The van der Waals surface area contributed by atoms with Crippen molar-refractivity contribution >= 4 is 27.5 Å². The third kappa shape index (κ3) is 5.87. The Morgan fingerprint density at radius 2 is 1.91 bits per heavy atom. The molecule has 9 heteroatoms. The van der Waals surface area contributed by atoms with Crippen LogP contribution in [0.1, 0.15) is 31.2 Å². The molecule has 0 atom stereocenters. The molecular weight excluding hydrogens is 438 g/mol. The van der Waals surface area contributed by atoms with Gasteiger partial charge in [-0.3, -0.25) is 4.79 Å². The number of anilines is 1. The van der Waals surface area contributed by atoms with Gasteiger partial charge in [-0.25, -0.2) is 4.68 Å². The second-order valence-corrected chi connectivity index (χ2v) is 9.70. The van der Waals surface area contributed by atoms with Crippen molar-refractivity contribution in [1.82, 2.24) is 14.7 Å². The molecule has 4 rings (SSSR count). The molecule has 1 saturated heterocycles. The van der Waals surface area contributed by atoms with Gasteiger partial charge in [0, 0.05) is 31.9 Å². The average Bonchev–Trinajstić information content (AvgIpc) is 3.17. The molecule has 0 unspecified atom stereocenters. The van der Waals surface area contributed by atoms with E-state index in [4.69, 9.17) is 0 Å². The van der Waals surface area contributed by atoms with E-state index in [1.54, 1.807) is 29.2 Å². The fourth-order valence-electron chi connectivity index (χ4n) is 3.73. The molecule has 3 aromatic rings. The molecule has 1 aliphatic heterocycles. The number of rotatable bonds is 6. The van der Waals surface area contributed by atoms with Crippen LogP contribution in [0.2, 0.25) is 0 Å². The number of para-hydroxylation sites is 1. The molecule has 0 aliphatic carbocycles. The number of sulfonamides is 1. The number of hydrogen-bond acceptors (Lipinski definition) is 4. The zero-order valence-electron chi connectivity index (χ0n) is 18.5. The van der Waals surface area contributed by atoms with Gasteiger partial charge in [0.1, 0.15) is 5.84 Å². The quantitative estimate of drug-likeness (QED) is 0.599. The maximum absolute atomic E-state index is 12.9. The standard InChI is InChI=1S/C24H27N5O3S/c1-28-14-7-3-6-13-23(28)27-33(31,32)22-12-8-9-20(16-22)26-24(30)15-19-17-25-29(18-19)21-10-4-2-5-11-21/h2,4-5,8-12,16-18H,3,6-7,13-15H2,1H3,(H,26,30)/b27-23+. The molecule has 1 amide bonds. The number of amidine groups is 1. The van der Waals surface area contributed by atoms with Gasteiger partial charge in [-0.05, 0) is 48.7 Å². The molecular formula is C24H27N5O3S.